The lowest BCUT2D eigenvalue weighted by Crippen LogP contribution is -2.32. The summed E-state index contributed by atoms with van der Waals surface area (Å²) in [4.78, 5) is 24.6. The summed E-state index contributed by atoms with van der Waals surface area (Å²) in [6.45, 7) is 0.924. The van der Waals surface area contributed by atoms with E-state index in [-0.39, 0.29) is 25.2 Å². The van der Waals surface area contributed by atoms with Crippen molar-refractivity contribution in [3.8, 4) is 22.9 Å². The third-order valence-corrected chi connectivity index (χ3v) is 5.58. The topological polar surface area (TPSA) is 107 Å². The molecule has 2 N–H and O–H groups in total. The molecule has 2 aliphatic heterocycles. The van der Waals surface area contributed by atoms with Crippen LogP contribution in [-0.4, -0.2) is 39.9 Å². The molecule has 0 radical (unpaired) electrons. The number of hydrogen-bond donors (Lipinski definition) is 2. The minimum Gasteiger partial charge on any atom is -0.454 e. The fourth-order valence-corrected chi connectivity index (χ4v) is 3.91. The molecular formula is C23H23N5O4. The number of aromatic nitrogens is 3. The second-order valence-corrected chi connectivity index (χ2v) is 7.78. The smallest absolute Gasteiger partial charge is 0.251 e. The van der Waals surface area contributed by atoms with Crippen molar-refractivity contribution in [1.82, 2.24) is 20.1 Å². The first kappa shape index (κ1) is 20.0. The van der Waals surface area contributed by atoms with Crippen molar-refractivity contribution < 1.29 is 19.1 Å². The van der Waals surface area contributed by atoms with E-state index in [1.807, 2.05) is 24.3 Å². The molecule has 0 fully saturated rings. The summed E-state index contributed by atoms with van der Waals surface area (Å²) in [5, 5.41) is 14.1. The minimum atomic E-state index is -0.360. The molecule has 0 unspecified atom stereocenters. The monoisotopic (exact) mass is 433 g/mol. The van der Waals surface area contributed by atoms with Gasteiger partial charge in [0.2, 0.25) is 12.7 Å². The van der Waals surface area contributed by atoms with Crippen molar-refractivity contribution in [3.05, 3.63) is 53.9 Å². The standard InChI is InChI=1S/C23H23N5O4/c29-21(13-24-23(30)16-7-10-18-19(12-16)32-14-31-18)25-17-8-5-15(6-9-17)22-27-26-20-4-2-1-3-11-28(20)22/h5-10,12H,1-4,11,13-14H2,(H,24,30)(H,25,29). The second kappa shape index (κ2) is 8.70. The van der Waals surface area contributed by atoms with Gasteiger partial charge in [-0.1, -0.05) is 6.42 Å². The van der Waals surface area contributed by atoms with Crippen LogP contribution in [0.3, 0.4) is 0 Å². The molecule has 3 heterocycles. The first-order valence-electron chi connectivity index (χ1n) is 10.7. The van der Waals surface area contributed by atoms with Crippen molar-refractivity contribution >= 4 is 17.5 Å². The average molecular weight is 433 g/mol. The Morgan fingerprint density at radius 1 is 0.969 bits per heavy atom. The fraction of sp³-hybridized carbons (Fsp3) is 0.304. The van der Waals surface area contributed by atoms with Crippen LogP contribution in [0.4, 0.5) is 5.69 Å². The molecule has 0 bridgehead atoms. The maximum absolute atomic E-state index is 12.3. The molecule has 5 rings (SSSR count). The van der Waals surface area contributed by atoms with Gasteiger partial charge < -0.3 is 24.7 Å². The number of aryl methyl sites for hydroxylation is 1. The van der Waals surface area contributed by atoms with E-state index in [0.717, 1.165) is 43.0 Å². The lowest BCUT2D eigenvalue weighted by molar-refractivity contribution is -0.115. The average Bonchev–Trinajstić information content (AvgIpc) is 3.38. The zero-order valence-electron chi connectivity index (χ0n) is 17.5. The quantitative estimate of drug-likeness (QED) is 0.641. The molecule has 32 heavy (non-hydrogen) atoms. The fourth-order valence-electron chi connectivity index (χ4n) is 3.91. The first-order chi connectivity index (χ1) is 15.7. The molecule has 0 saturated heterocycles. The minimum absolute atomic E-state index is 0.140. The molecule has 2 aromatic carbocycles. The van der Waals surface area contributed by atoms with E-state index in [9.17, 15) is 9.59 Å². The molecule has 9 heteroatoms. The number of fused-ring (bicyclic) bond motifs is 2. The van der Waals surface area contributed by atoms with Gasteiger partial charge in [0.25, 0.3) is 5.91 Å². The number of carbonyl (C=O) groups excluding carboxylic acids is 2. The van der Waals surface area contributed by atoms with Crippen molar-refractivity contribution in [3.63, 3.8) is 0 Å². The Morgan fingerprint density at radius 2 is 1.81 bits per heavy atom. The van der Waals surface area contributed by atoms with Crippen LogP contribution in [0.25, 0.3) is 11.4 Å². The Balaban J connectivity index is 1.17. The number of carbonyl (C=O) groups is 2. The Kier molecular flexibility index (Phi) is 5.45. The predicted molar refractivity (Wildman–Crippen MR) is 117 cm³/mol. The largest absolute Gasteiger partial charge is 0.454 e. The van der Waals surface area contributed by atoms with Crippen LogP contribution in [0.2, 0.25) is 0 Å². The van der Waals surface area contributed by atoms with E-state index in [0.29, 0.717) is 22.7 Å². The van der Waals surface area contributed by atoms with Gasteiger partial charge in [0, 0.05) is 29.8 Å². The third-order valence-electron chi connectivity index (χ3n) is 5.58. The Morgan fingerprint density at radius 3 is 2.69 bits per heavy atom. The number of ether oxygens (including phenoxy) is 2. The van der Waals surface area contributed by atoms with Crippen molar-refractivity contribution in [2.24, 2.45) is 0 Å². The van der Waals surface area contributed by atoms with Gasteiger partial charge in [-0.3, -0.25) is 9.59 Å². The van der Waals surface area contributed by atoms with Gasteiger partial charge in [0.05, 0.1) is 6.54 Å². The summed E-state index contributed by atoms with van der Waals surface area (Å²) in [5.74, 6) is 2.34. The van der Waals surface area contributed by atoms with Crippen LogP contribution < -0.4 is 20.1 Å². The number of nitrogens with one attached hydrogen (secondary N) is 2. The zero-order chi connectivity index (χ0) is 21.9. The summed E-state index contributed by atoms with van der Waals surface area (Å²) in [5.41, 5.74) is 2.00. The van der Waals surface area contributed by atoms with E-state index >= 15 is 0 Å². The van der Waals surface area contributed by atoms with Gasteiger partial charge in [-0.2, -0.15) is 0 Å². The number of benzene rings is 2. The lowest BCUT2D eigenvalue weighted by atomic mass is 10.2. The normalized spacial score (nSPS) is 14.4. The molecule has 164 valence electrons. The number of rotatable bonds is 5. The molecule has 2 aliphatic rings. The summed E-state index contributed by atoms with van der Waals surface area (Å²) in [6, 6.07) is 12.4. The highest BCUT2D eigenvalue weighted by molar-refractivity contribution is 5.99. The number of anilines is 1. The first-order valence-corrected chi connectivity index (χ1v) is 10.7. The lowest BCUT2D eigenvalue weighted by Gasteiger charge is -2.09. The molecule has 0 spiro atoms. The summed E-state index contributed by atoms with van der Waals surface area (Å²) in [7, 11) is 0. The third kappa shape index (κ3) is 4.14. The summed E-state index contributed by atoms with van der Waals surface area (Å²) < 4.78 is 12.7. The Bertz CT molecular complexity index is 1160. The van der Waals surface area contributed by atoms with Crippen LogP contribution in [0.5, 0.6) is 11.5 Å². The van der Waals surface area contributed by atoms with Gasteiger partial charge in [-0.05, 0) is 55.3 Å². The summed E-state index contributed by atoms with van der Waals surface area (Å²) in [6.07, 6.45) is 4.44. The highest BCUT2D eigenvalue weighted by atomic mass is 16.7. The van der Waals surface area contributed by atoms with Crippen molar-refractivity contribution in [2.75, 3.05) is 18.7 Å². The highest BCUT2D eigenvalue weighted by Gasteiger charge is 2.18. The van der Waals surface area contributed by atoms with E-state index < -0.39 is 0 Å². The molecule has 0 saturated carbocycles. The van der Waals surface area contributed by atoms with Crippen LogP contribution in [0.1, 0.15) is 35.4 Å². The Labute approximate surface area is 184 Å². The molecule has 9 nitrogen and oxygen atoms in total. The van der Waals surface area contributed by atoms with E-state index in [4.69, 9.17) is 9.47 Å². The van der Waals surface area contributed by atoms with Crippen molar-refractivity contribution in [1.29, 1.82) is 0 Å². The summed E-state index contributed by atoms with van der Waals surface area (Å²) >= 11 is 0. The van der Waals surface area contributed by atoms with Gasteiger partial charge in [0.15, 0.2) is 17.3 Å². The molecular weight excluding hydrogens is 410 g/mol. The van der Waals surface area contributed by atoms with Crippen LogP contribution in [0.15, 0.2) is 42.5 Å². The van der Waals surface area contributed by atoms with Crippen LogP contribution >= 0.6 is 0 Å². The van der Waals surface area contributed by atoms with Gasteiger partial charge in [0.1, 0.15) is 5.82 Å². The maximum atomic E-state index is 12.3. The van der Waals surface area contributed by atoms with Gasteiger partial charge in [-0.15, -0.1) is 10.2 Å². The highest BCUT2D eigenvalue weighted by Crippen LogP contribution is 2.32. The van der Waals surface area contributed by atoms with Crippen molar-refractivity contribution in [2.45, 2.75) is 32.2 Å². The number of hydrogen-bond acceptors (Lipinski definition) is 6. The van der Waals surface area contributed by atoms with Gasteiger partial charge >= 0.3 is 0 Å². The van der Waals surface area contributed by atoms with E-state index in [1.165, 1.54) is 6.42 Å². The van der Waals surface area contributed by atoms with E-state index in [1.54, 1.807) is 18.2 Å². The molecule has 1 aromatic heterocycles. The predicted octanol–water partition coefficient (Wildman–Crippen LogP) is 2.77. The molecule has 2 amide bonds. The maximum Gasteiger partial charge on any atom is 0.251 e. The van der Waals surface area contributed by atoms with Crippen LogP contribution in [-0.2, 0) is 17.8 Å². The molecule has 0 aliphatic carbocycles. The van der Waals surface area contributed by atoms with E-state index in [2.05, 4.69) is 25.4 Å². The number of amides is 2. The van der Waals surface area contributed by atoms with Gasteiger partial charge in [-0.25, -0.2) is 0 Å². The zero-order valence-corrected chi connectivity index (χ0v) is 17.5. The molecule has 3 aromatic rings. The second-order valence-electron chi connectivity index (χ2n) is 7.78. The van der Waals surface area contributed by atoms with Crippen LogP contribution in [0, 0.1) is 0 Å². The Hall–Kier alpha value is -3.88. The SMILES string of the molecule is O=C(CNC(=O)c1ccc2c(c1)OCO2)Nc1ccc(-c2nnc3n2CCCCC3)cc1. The number of nitrogens with zero attached hydrogens (tertiary/aromatic N) is 3. The molecule has 0 atom stereocenters.